The fourth-order valence-electron chi connectivity index (χ4n) is 3.08. The van der Waals surface area contributed by atoms with Crippen molar-refractivity contribution < 1.29 is 4.74 Å². The lowest BCUT2D eigenvalue weighted by atomic mass is 10.0. The summed E-state index contributed by atoms with van der Waals surface area (Å²) in [4.78, 5) is 2.46. The number of nitriles is 1. The van der Waals surface area contributed by atoms with Gasteiger partial charge in [-0.05, 0) is 42.9 Å². The van der Waals surface area contributed by atoms with E-state index >= 15 is 0 Å². The molecule has 1 aliphatic heterocycles. The van der Waals surface area contributed by atoms with Crippen molar-refractivity contribution in [3.63, 3.8) is 0 Å². The topological polar surface area (TPSA) is 36.3 Å². The van der Waals surface area contributed by atoms with Gasteiger partial charge in [-0.2, -0.15) is 5.26 Å². The third-order valence-corrected chi connectivity index (χ3v) is 4.30. The first-order valence-corrected chi connectivity index (χ1v) is 6.51. The first-order chi connectivity index (χ1) is 8.74. The van der Waals surface area contributed by atoms with Crippen LogP contribution in [0.1, 0.15) is 23.1 Å². The molecule has 1 aromatic carbocycles. The Morgan fingerprint density at radius 2 is 2.11 bits per heavy atom. The fourth-order valence-corrected chi connectivity index (χ4v) is 3.08. The van der Waals surface area contributed by atoms with Gasteiger partial charge in [0, 0.05) is 31.5 Å². The number of hydrogen-bond donors (Lipinski definition) is 0. The molecule has 2 fully saturated rings. The van der Waals surface area contributed by atoms with Crippen molar-refractivity contribution in [3.8, 4) is 6.07 Å². The highest BCUT2D eigenvalue weighted by molar-refractivity contribution is 5.61. The number of benzene rings is 1. The van der Waals surface area contributed by atoms with Crippen LogP contribution in [0.3, 0.4) is 0 Å². The third kappa shape index (κ3) is 1.77. The van der Waals surface area contributed by atoms with E-state index in [9.17, 15) is 0 Å². The number of methoxy groups -OCH3 is 1. The van der Waals surface area contributed by atoms with E-state index in [2.05, 4.69) is 17.0 Å². The molecule has 2 unspecified atom stereocenters. The Morgan fingerprint density at radius 1 is 1.39 bits per heavy atom. The molecule has 2 atom stereocenters. The zero-order valence-corrected chi connectivity index (χ0v) is 10.9. The molecule has 1 saturated heterocycles. The Hall–Kier alpha value is -1.53. The van der Waals surface area contributed by atoms with Crippen LogP contribution >= 0.6 is 0 Å². The smallest absolute Gasteiger partial charge is 0.0994 e. The number of fused-ring (bicyclic) bond motifs is 1. The van der Waals surface area contributed by atoms with Crippen LogP contribution in [0.15, 0.2) is 12.1 Å². The van der Waals surface area contributed by atoms with Crippen LogP contribution in [0.2, 0.25) is 0 Å². The minimum Gasteiger partial charge on any atom is -0.380 e. The standard InChI is InChI=1S/C15H18N2O/c1-10-11(6-16)3-4-15(14(10)9-18-2)17-7-12-5-13(12)8-17/h3-4,12-13H,5,7-9H2,1-2H3. The normalized spacial score (nSPS) is 24.8. The molecule has 0 N–H and O–H groups in total. The number of piperidine rings is 1. The van der Waals surface area contributed by atoms with Gasteiger partial charge in [-0.3, -0.25) is 0 Å². The summed E-state index contributed by atoms with van der Waals surface area (Å²) >= 11 is 0. The maximum Gasteiger partial charge on any atom is 0.0994 e. The molecule has 18 heavy (non-hydrogen) atoms. The molecule has 1 aromatic rings. The molecule has 0 aromatic heterocycles. The van der Waals surface area contributed by atoms with Crippen molar-refractivity contribution in [3.05, 3.63) is 28.8 Å². The molecule has 0 amide bonds. The van der Waals surface area contributed by atoms with Gasteiger partial charge in [-0.1, -0.05) is 0 Å². The predicted molar refractivity (Wildman–Crippen MR) is 70.4 cm³/mol. The lowest BCUT2D eigenvalue weighted by molar-refractivity contribution is 0.184. The number of nitrogens with zero attached hydrogens (tertiary/aromatic N) is 2. The zero-order chi connectivity index (χ0) is 12.7. The minimum absolute atomic E-state index is 0.586. The summed E-state index contributed by atoms with van der Waals surface area (Å²) in [5.41, 5.74) is 4.27. The average molecular weight is 242 g/mol. The largest absolute Gasteiger partial charge is 0.380 e. The Kier molecular flexibility index (Phi) is 2.76. The maximum atomic E-state index is 9.11. The van der Waals surface area contributed by atoms with E-state index in [-0.39, 0.29) is 0 Å². The molecule has 0 bridgehead atoms. The lowest BCUT2D eigenvalue weighted by Crippen LogP contribution is -2.23. The van der Waals surface area contributed by atoms with E-state index in [1.165, 1.54) is 30.8 Å². The SMILES string of the molecule is COCc1c(N2CC3CC3C2)ccc(C#N)c1C. The van der Waals surface area contributed by atoms with Gasteiger partial charge in [-0.15, -0.1) is 0 Å². The van der Waals surface area contributed by atoms with E-state index in [1.807, 2.05) is 13.0 Å². The molecular weight excluding hydrogens is 224 g/mol. The molecule has 1 saturated carbocycles. The van der Waals surface area contributed by atoms with Crippen molar-refractivity contribution >= 4 is 5.69 Å². The molecule has 2 aliphatic rings. The highest BCUT2D eigenvalue weighted by Crippen LogP contribution is 2.47. The van der Waals surface area contributed by atoms with Crippen molar-refractivity contribution in [1.29, 1.82) is 5.26 Å². The molecule has 1 aliphatic carbocycles. The second kappa shape index (κ2) is 4.29. The van der Waals surface area contributed by atoms with E-state index in [1.54, 1.807) is 7.11 Å². The van der Waals surface area contributed by atoms with Crippen molar-refractivity contribution in [2.45, 2.75) is 20.0 Å². The second-order valence-corrected chi connectivity index (χ2v) is 5.44. The monoisotopic (exact) mass is 242 g/mol. The van der Waals surface area contributed by atoms with Crippen LogP contribution in [0, 0.1) is 30.1 Å². The van der Waals surface area contributed by atoms with E-state index < -0.39 is 0 Å². The molecule has 0 spiro atoms. The Bertz CT molecular complexity index is 508. The van der Waals surface area contributed by atoms with Gasteiger partial charge in [0.05, 0.1) is 18.2 Å². The Labute approximate surface area is 108 Å². The average Bonchev–Trinajstić information content (AvgIpc) is 2.99. The predicted octanol–water partition coefficient (Wildman–Crippen LogP) is 2.47. The molecule has 94 valence electrons. The number of anilines is 1. The molecule has 3 nitrogen and oxygen atoms in total. The van der Waals surface area contributed by atoms with Gasteiger partial charge >= 0.3 is 0 Å². The van der Waals surface area contributed by atoms with E-state index in [4.69, 9.17) is 10.00 Å². The summed E-state index contributed by atoms with van der Waals surface area (Å²) in [5.74, 6) is 1.83. The Balaban J connectivity index is 1.97. The fraction of sp³-hybridized carbons (Fsp3) is 0.533. The molecule has 0 radical (unpaired) electrons. The quantitative estimate of drug-likeness (QED) is 0.817. The second-order valence-electron chi connectivity index (χ2n) is 5.44. The summed E-state index contributed by atoms with van der Waals surface area (Å²) in [6.45, 7) is 4.95. The summed E-state index contributed by atoms with van der Waals surface area (Å²) < 4.78 is 5.31. The minimum atomic E-state index is 0.586. The van der Waals surface area contributed by atoms with Gasteiger partial charge in [0.1, 0.15) is 0 Å². The zero-order valence-electron chi connectivity index (χ0n) is 10.9. The maximum absolute atomic E-state index is 9.11. The van der Waals surface area contributed by atoms with E-state index in [0.717, 1.165) is 23.0 Å². The van der Waals surface area contributed by atoms with Gasteiger partial charge < -0.3 is 9.64 Å². The molecule has 3 heteroatoms. The first kappa shape index (κ1) is 11.6. The van der Waals surface area contributed by atoms with Crippen LogP contribution in [0.4, 0.5) is 5.69 Å². The number of ether oxygens (including phenoxy) is 1. The van der Waals surface area contributed by atoms with Gasteiger partial charge in [0.2, 0.25) is 0 Å². The molecular formula is C15H18N2O. The number of hydrogen-bond acceptors (Lipinski definition) is 3. The van der Waals surface area contributed by atoms with Crippen molar-refractivity contribution in [1.82, 2.24) is 0 Å². The Morgan fingerprint density at radius 3 is 2.72 bits per heavy atom. The molecule has 3 rings (SSSR count). The van der Waals surface area contributed by atoms with Crippen molar-refractivity contribution in [2.24, 2.45) is 11.8 Å². The van der Waals surface area contributed by atoms with Crippen LogP contribution in [-0.2, 0) is 11.3 Å². The van der Waals surface area contributed by atoms with Crippen LogP contribution in [-0.4, -0.2) is 20.2 Å². The van der Waals surface area contributed by atoms with Crippen molar-refractivity contribution in [2.75, 3.05) is 25.1 Å². The van der Waals surface area contributed by atoms with Gasteiger partial charge in [0.15, 0.2) is 0 Å². The first-order valence-electron chi connectivity index (χ1n) is 6.51. The lowest BCUT2D eigenvalue weighted by Gasteiger charge is -2.25. The summed E-state index contributed by atoms with van der Waals surface area (Å²) in [6.07, 6.45) is 1.41. The molecule has 1 heterocycles. The highest BCUT2D eigenvalue weighted by atomic mass is 16.5. The third-order valence-electron chi connectivity index (χ3n) is 4.30. The van der Waals surface area contributed by atoms with Crippen LogP contribution in [0.5, 0.6) is 0 Å². The summed E-state index contributed by atoms with van der Waals surface area (Å²) in [6, 6.07) is 6.28. The van der Waals surface area contributed by atoms with Crippen LogP contribution < -0.4 is 4.90 Å². The number of rotatable bonds is 3. The van der Waals surface area contributed by atoms with E-state index in [0.29, 0.717) is 6.61 Å². The van der Waals surface area contributed by atoms with Gasteiger partial charge in [0.25, 0.3) is 0 Å². The summed E-state index contributed by atoms with van der Waals surface area (Å²) in [7, 11) is 1.71. The van der Waals surface area contributed by atoms with Crippen LogP contribution in [0.25, 0.3) is 0 Å². The highest BCUT2D eigenvalue weighted by Gasteiger charge is 2.45. The summed E-state index contributed by atoms with van der Waals surface area (Å²) in [5, 5.41) is 9.11. The van der Waals surface area contributed by atoms with Gasteiger partial charge in [-0.25, -0.2) is 0 Å².